The Morgan fingerprint density at radius 2 is 0.481 bits per heavy atom. The van der Waals surface area contributed by atoms with Gasteiger partial charge in [0.15, 0.2) is 6.10 Å². The summed E-state index contributed by atoms with van der Waals surface area (Å²) in [6.45, 7) is 6.49. The standard InChI is InChI=1S/C75H124O6/c1-4-7-10-13-16-19-22-25-28-29-30-31-32-33-34-35-36-37-38-39-40-41-42-43-44-45-46-47-48-51-53-56-59-62-65-68-74(77)80-71-72(81-75(78)69-66-63-60-57-54-50-27-24-21-18-15-12-9-6-3)70-79-73(76)67-64-61-58-55-52-49-26-23-20-17-14-11-8-5-2/h7,10,16,19,23-28,30-31,33-34,36-37,39-40,42-43,45-46,72H,4-6,8-9,11-15,17-18,20-22,29,32,35,38,41,44,47-71H2,1-3H3/b10-7-,19-16-,26-23-,27-24-,28-25-,31-30-,34-33-,37-36-,40-39-,43-42-,46-45-. The third-order valence-electron chi connectivity index (χ3n) is 14.1. The monoisotopic (exact) mass is 1120 g/mol. The SMILES string of the molecule is CC/C=C\C/C=C\C/C=C\C/C=C\C/C=C\C/C=C\C/C=C\C/C=C\C/C=C\CCCCCCCCCC(=O)OCC(COC(=O)CCCCCCC/C=C\CCCCCCC)OC(=O)CCCCCCC/C=C\CCCCCCC. The number of carbonyl (C=O) groups excluding carboxylic acids is 3. The zero-order valence-corrected chi connectivity index (χ0v) is 52.8. The molecule has 0 saturated heterocycles. The second-order valence-corrected chi connectivity index (χ2v) is 22.0. The van der Waals surface area contributed by atoms with Crippen LogP contribution in [0.2, 0.25) is 0 Å². The fourth-order valence-electron chi connectivity index (χ4n) is 9.07. The molecular weight excluding hydrogens is 997 g/mol. The zero-order chi connectivity index (χ0) is 58.5. The van der Waals surface area contributed by atoms with E-state index in [-0.39, 0.29) is 31.1 Å². The van der Waals surface area contributed by atoms with Crippen LogP contribution in [0.15, 0.2) is 134 Å². The van der Waals surface area contributed by atoms with Crippen LogP contribution in [0.3, 0.4) is 0 Å². The molecule has 0 aliphatic rings. The molecule has 6 heteroatoms. The van der Waals surface area contributed by atoms with E-state index in [0.29, 0.717) is 19.3 Å². The van der Waals surface area contributed by atoms with Crippen LogP contribution in [0.4, 0.5) is 0 Å². The summed E-state index contributed by atoms with van der Waals surface area (Å²) in [5.74, 6) is -0.914. The predicted octanol–water partition coefficient (Wildman–Crippen LogP) is 23.3. The smallest absolute Gasteiger partial charge is 0.306 e. The van der Waals surface area contributed by atoms with Gasteiger partial charge in [0.25, 0.3) is 0 Å². The number of allylic oxidation sites excluding steroid dienone is 22. The molecule has 0 aromatic rings. The molecule has 81 heavy (non-hydrogen) atoms. The first-order valence-electron chi connectivity index (χ1n) is 33.7. The lowest BCUT2D eigenvalue weighted by molar-refractivity contribution is -0.167. The van der Waals surface area contributed by atoms with E-state index in [1.54, 1.807) is 0 Å². The van der Waals surface area contributed by atoms with Crippen molar-refractivity contribution in [3.63, 3.8) is 0 Å². The number of ether oxygens (including phenoxy) is 3. The third-order valence-corrected chi connectivity index (χ3v) is 14.1. The molecule has 0 heterocycles. The Morgan fingerprint density at radius 3 is 0.765 bits per heavy atom. The molecule has 460 valence electrons. The number of rotatable bonds is 60. The maximum Gasteiger partial charge on any atom is 0.306 e. The number of carbonyl (C=O) groups is 3. The van der Waals surface area contributed by atoms with Gasteiger partial charge in [-0.1, -0.05) is 276 Å². The van der Waals surface area contributed by atoms with Crippen LogP contribution in [-0.2, 0) is 28.6 Å². The third kappa shape index (κ3) is 66.2. The van der Waals surface area contributed by atoms with Crippen molar-refractivity contribution >= 4 is 17.9 Å². The van der Waals surface area contributed by atoms with Gasteiger partial charge < -0.3 is 14.2 Å². The van der Waals surface area contributed by atoms with Crippen LogP contribution in [0.1, 0.15) is 303 Å². The second kappa shape index (κ2) is 68.1. The van der Waals surface area contributed by atoms with E-state index in [2.05, 4.69) is 154 Å². The lowest BCUT2D eigenvalue weighted by Crippen LogP contribution is -2.30. The summed E-state index contributed by atoms with van der Waals surface area (Å²) in [4.78, 5) is 38.3. The fourth-order valence-corrected chi connectivity index (χ4v) is 9.07. The van der Waals surface area contributed by atoms with E-state index in [1.165, 1.54) is 122 Å². The van der Waals surface area contributed by atoms with Crippen LogP contribution in [-0.4, -0.2) is 37.2 Å². The lowest BCUT2D eigenvalue weighted by atomic mass is 10.1. The van der Waals surface area contributed by atoms with E-state index >= 15 is 0 Å². The molecule has 0 fully saturated rings. The molecule has 0 aliphatic heterocycles. The van der Waals surface area contributed by atoms with Crippen molar-refractivity contribution in [2.45, 2.75) is 309 Å². The Kier molecular flexibility index (Phi) is 64.3. The van der Waals surface area contributed by atoms with Gasteiger partial charge >= 0.3 is 17.9 Å². The minimum atomic E-state index is -0.794. The van der Waals surface area contributed by atoms with E-state index in [1.807, 2.05) is 0 Å². The first kappa shape index (κ1) is 76.5. The molecule has 0 radical (unpaired) electrons. The first-order chi connectivity index (χ1) is 40.0. The predicted molar refractivity (Wildman–Crippen MR) is 353 cm³/mol. The summed E-state index contributed by atoms with van der Waals surface area (Å²) in [7, 11) is 0. The summed E-state index contributed by atoms with van der Waals surface area (Å²) >= 11 is 0. The molecule has 0 N–H and O–H groups in total. The molecule has 0 aliphatic carbocycles. The van der Waals surface area contributed by atoms with Crippen molar-refractivity contribution in [1.82, 2.24) is 0 Å². The molecule has 0 bridgehead atoms. The summed E-state index contributed by atoms with van der Waals surface area (Å²) < 4.78 is 16.9. The average Bonchev–Trinajstić information content (AvgIpc) is 3.47. The maximum absolute atomic E-state index is 12.9. The topological polar surface area (TPSA) is 78.9 Å². The average molecular weight is 1120 g/mol. The fraction of sp³-hybridized carbons (Fsp3) is 0.667. The molecule has 0 rings (SSSR count). The molecule has 0 aromatic heterocycles. The Hall–Kier alpha value is -4.45. The van der Waals surface area contributed by atoms with Crippen LogP contribution < -0.4 is 0 Å². The molecule has 1 atom stereocenters. The summed E-state index contributed by atoms with van der Waals surface area (Å²) in [5, 5.41) is 0. The highest BCUT2D eigenvalue weighted by atomic mass is 16.6. The molecule has 1 unspecified atom stereocenters. The van der Waals surface area contributed by atoms with Crippen molar-refractivity contribution in [3.05, 3.63) is 134 Å². The number of esters is 3. The molecule has 0 spiro atoms. The number of unbranched alkanes of at least 4 members (excludes halogenated alkanes) is 27. The van der Waals surface area contributed by atoms with Gasteiger partial charge in [0.05, 0.1) is 0 Å². The van der Waals surface area contributed by atoms with E-state index < -0.39 is 6.10 Å². The normalized spacial score (nSPS) is 13.0. The highest BCUT2D eigenvalue weighted by Gasteiger charge is 2.19. The summed E-state index contributed by atoms with van der Waals surface area (Å²) in [5.41, 5.74) is 0. The molecule has 6 nitrogen and oxygen atoms in total. The Balaban J connectivity index is 4.27. The number of hydrogen-bond donors (Lipinski definition) is 0. The van der Waals surface area contributed by atoms with Crippen molar-refractivity contribution in [1.29, 1.82) is 0 Å². The van der Waals surface area contributed by atoms with Crippen molar-refractivity contribution in [2.75, 3.05) is 13.2 Å². The van der Waals surface area contributed by atoms with Crippen LogP contribution in [0.5, 0.6) is 0 Å². The first-order valence-corrected chi connectivity index (χ1v) is 33.7. The van der Waals surface area contributed by atoms with Gasteiger partial charge in [-0.05, 0) is 141 Å². The van der Waals surface area contributed by atoms with Gasteiger partial charge in [-0.2, -0.15) is 0 Å². The Bertz CT molecular complexity index is 1720. The molecule has 0 saturated carbocycles. The highest BCUT2D eigenvalue weighted by Crippen LogP contribution is 2.15. The quantitative estimate of drug-likeness (QED) is 0.0261. The molecule has 0 aromatic carbocycles. The number of hydrogen-bond acceptors (Lipinski definition) is 6. The zero-order valence-electron chi connectivity index (χ0n) is 52.8. The van der Waals surface area contributed by atoms with Crippen molar-refractivity contribution in [3.8, 4) is 0 Å². The van der Waals surface area contributed by atoms with Crippen LogP contribution in [0, 0.1) is 0 Å². The molecule has 0 amide bonds. The van der Waals surface area contributed by atoms with E-state index in [9.17, 15) is 14.4 Å². The van der Waals surface area contributed by atoms with Crippen molar-refractivity contribution in [2.24, 2.45) is 0 Å². The minimum absolute atomic E-state index is 0.0903. The maximum atomic E-state index is 12.9. The lowest BCUT2D eigenvalue weighted by Gasteiger charge is -2.18. The Morgan fingerprint density at radius 1 is 0.259 bits per heavy atom. The van der Waals surface area contributed by atoms with Gasteiger partial charge in [-0.3, -0.25) is 14.4 Å². The van der Waals surface area contributed by atoms with Gasteiger partial charge in [0.2, 0.25) is 0 Å². The second-order valence-electron chi connectivity index (χ2n) is 22.0. The Labute approximate surface area is 500 Å². The van der Waals surface area contributed by atoms with Crippen LogP contribution >= 0.6 is 0 Å². The largest absolute Gasteiger partial charge is 0.462 e. The summed E-state index contributed by atoms with van der Waals surface area (Å²) in [6.07, 6.45) is 96.1. The van der Waals surface area contributed by atoms with Crippen molar-refractivity contribution < 1.29 is 28.6 Å². The van der Waals surface area contributed by atoms with Crippen LogP contribution in [0.25, 0.3) is 0 Å². The molecular formula is C75H124O6. The van der Waals surface area contributed by atoms with Gasteiger partial charge in [-0.25, -0.2) is 0 Å². The minimum Gasteiger partial charge on any atom is -0.462 e. The van der Waals surface area contributed by atoms with Gasteiger partial charge in [0, 0.05) is 19.3 Å². The highest BCUT2D eigenvalue weighted by molar-refractivity contribution is 5.71. The summed E-state index contributed by atoms with van der Waals surface area (Å²) in [6, 6.07) is 0. The van der Waals surface area contributed by atoms with E-state index in [0.717, 1.165) is 141 Å². The van der Waals surface area contributed by atoms with E-state index in [4.69, 9.17) is 14.2 Å². The van der Waals surface area contributed by atoms with Gasteiger partial charge in [0.1, 0.15) is 13.2 Å². The van der Waals surface area contributed by atoms with Gasteiger partial charge in [-0.15, -0.1) is 0 Å².